The zero-order valence-electron chi connectivity index (χ0n) is 11.0. The maximum atomic E-state index is 11.9. The van der Waals surface area contributed by atoms with Gasteiger partial charge >= 0.3 is 0 Å². The van der Waals surface area contributed by atoms with Crippen molar-refractivity contribution in [2.24, 2.45) is 0 Å². The van der Waals surface area contributed by atoms with E-state index in [1.54, 1.807) is 13.1 Å². The lowest BCUT2D eigenvalue weighted by Crippen LogP contribution is -2.62. The topological polar surface area (TPSA) is 73.5 Å². The number of rotatable bonds is 5. The molecule has 0 spiro atoms. The molecule has 102 valence electrons. The molecule has 6 heteroatoms. The van der Waals surface area contributed by atoms with Crippen molar-refractivity contribution in [3.63, 3.8) is 0 Å². The van der Waals surface area contributed by atoms with Crippen molar-refractivity contribution in [1.82, 2.24) is 20.9 Å². The molecule has 0 aliphatic carbocycles. The number of nitrogens with one attached hydrogen (secondary N) is 3. The van der Waals surface area contributed by atoms with E-state index in [2.05, 4.69) is 22.5 Å². The summed E-state index contributed by atoms with van der Waals surface area (Å²) < 4.78 is 0. The molecule has 0 saturated carbocycles. The molecule has 0 bridgehead atoms. The van der Waals surface area contributed by atoms with Gasteiger partial charge in [-0.2, -0.15) is 0 Å². The molecule has 6 nitrogen and oxygen atoms in total. The molecule has 2 unspecified atom stereocenters. The van der Waals surface area contributed by atoms with Crippen molar-refractivity contribution in [2.75, 3.05) is 33.2 Å². The Morgan fingerprint density at radius 2 is 2.33 bits per heavy atom. The lowest BCUT2D eigenvalue weighted by atomic mass is 10.1. The van der Waals surface area contributed by atoms with Gasteiger partial charge in [0.15, 0.2) is 0 Å². The van der Waals surface area contributed by atoms with E-state index in [1.165, 1.54) is 0 Å². The van der Waals surface area contributed by atoms with Crippen LogP contribution in [0.5, 0.6) is 0 Å². The van der Waals surface area contributed by atoms with Crippen LogP contribution >= 0.6 is 0 Å². The van der Waals surface area contributed by atoms with Gasteiger partial charge in [-0.3, -0.25) is 14.5 Å². The normalized spacial score (nSPS) is 22.0. The number of piperazine rings is 1. The highest BCUT2D eigenvalue weighted by molar-refractivity contribution is 5.85. The van der Waals surface area contributed by atoms with Crippen molar-refractivity contribution < 1.29 is 9.59 Å². The second-order valence-corrected chi connectivity index (χ2v) is 4.28. The van der Waals surface area contributed by atoms with Gasteiger partial charge in [-0.05, 0) is 6.92 Å². The average Bonchev–Trinajstić information content (AvgIpc) is 2.43. The highest BCUT2D eigenvalue weighted by Gasteiger charge is 2.33. The Morgan fingerprint density at radius 1 is 1.61 bits per heavy atom. The van der Waals surface area contributed by atoms with Crippen LogP contribution in [0.4, 0.5) is 0 Å². The first-order valence-corrected chi connectivity index (χ1v) is 6.18. The van der Waals surface area contributed by atoms with E-state index < -0.39 is 0 Å². The number of likely N-dealkylation sites (N-methyl/N-ethyl adjacent to an activating group) is 1. The van der Waals surface area contributed by atoms with Crippen LogP contribution in [0.3, 0.4) is 0 Å². The third kappa shape index (κ3) is 3.54. The van der Waals surface area contributed by atoms with Crippen LogP contribution in [0, 0.1) is 0 Å². The van der Waals surface area contributed by atoms with E-state index >= 15 is 0 Å². The van der Waals surface area contributed by atoms with Crippen LogP contribution in [0.2, 0.25) is 0 Å². The fourth-order valence-corrected chi connectivity index (χ4v) is 2.06. The van der Waals surface area contributed by atoms with E-state index in [9.17, 15) is 9.59 Å². The second-order valence-electron chi connectivity index (χ2n) is 4.28. The zero-order valence-corrected chi connectivity index (χ0v) is 11.0. The van der Waals surface area contributed by atoms with Gasteiger partial charge in [-0.15, -0.1) is 6.58 Å². The minimum absolute atomic E-state index is 0.0643. The highest BCUT2D eigenvalue weighted by atomic mass is 16.2. The van der Waals surface area contributed by atoms with Crippen LogP contribution in [0.1, 0.15) is 6.92 Å². The maximum Gasteiger partial charge on any atom is 0.238 e. The first kappa shape index (κ1) is 14.7. The van der Waals surface area contributed by atoms with Crippen molar-refractivity contribution in [2.45, 2.75) is 19.0 Å². The third-order valence-corrected chi connectivity index (χ3v) is 3.13. The van der Waals surface area contributed by atoms with Gasteiger partial charge in [0.05, 0.1) is 6.04 Å². The molecule has 1 saturated heterocycles. The number of nitrogens with zero attached hydrogens (tertiary/aromatic N) is 1. The van der Waals surface area contributed by atoms with Gasteiger partial charge in [-0.1, -0.05) is 6.08 Å². The van der Waals surface area contributed by atoms with E-state index in [0.717, 1.165) is 6.54 Å². The minimum atomic E-state index is -0.325. The van der Waals surface area contributed by atoms with Crippen molar-refractivity contribution in [3.8, 4) is 0 Å². The van der Waals surface area contributed by atoms with E-state index in [-0.39, 0.29) is 23.9 Å². The Hall–Kier alpha value is -1.40. The predicted molar refractivity (Wildman–Crippen MR) is 70.1 cm³/mol. The number of hydrogen-bond donors (Lipinski definition) is 3. The third-order valence-electron chi connectivity index (χ3n) is 3.13. The number of carbonyl (C=O) groups excluding carboxylic acids is 2. The van der Waals surface area contributed by atoms with Crippen LogP contribution < -0.4 is 16.0 Å². The summed E-state index contributed by atoms with van der Waals surface area (Å²) in [5, 5.41) is 8.56. The lowest BCUT2D eigenvalue weighted by Gasteiger charge is -2.38. The molecule has 1 aliphatic heterocycles. The minimum Gasteiger partial charge on any atom is -0.358 e. The Morgan fingerprint density at radius 3 is 2.94 bits per heavy atom. The lowest BCUT2D eigenvalue weighted by molar-refractivity contribution is -0.132. The SMILES string of the molecule is C=CCNC(=O)C(C)N1CCNCC1C(=O)NC. The molecular weight excluding hydrogens is 232 g/mol. The fraction of sp³-hybridized carbons (Fsp3) is 0.667. The first-order valence-electron chi connectivity index (χ1n) is 6.18. The summed E-state index contributed by atoms with van der Waals surface area (Å²) in [5.41, 5.74) is 0. The smallest absolute Gasteiger partial charge is 0.238 e. The van der Waals surface area contributed by atoms with E-state index in [4.69, 9.17) is 0 Å². The largest absolute Gasteiger partial charge is 0.358 e. The van der Waals surface area contributed by atoms with Crippen molar-refractivity contribution in [3.05, 3.63) is 12.7 Å². The number of carbonyl (C=O) groups is 2. The van der Waals surface area contributed by atoms with E-state index in [1.807, 2.05) is 11.8 Å². The molecule has 1 rings (SSSR count). The zero-order chi connectivity index (χ0) is 13.5. The molecule has 1 aliphatic rings. The van der Waals surface area contributed by atoms with Gasteiger partial charge in [-0.25, -0.2) is 0 Å². The molecular formula is C12H22N4O2. The van der Waals surface area contributed by atoms with Gasteiger partial charge in [0.2, 0.25) is 11.8 Å². The number of hydrogen-bond acceptors (Lipinski definition) is 4. The van der Waals surface area contributed by atoms with Gasteiger partial charge in [0, 0.05) is 33.2 Å². The fourth-order valence-electron chi connectivity index (χ4n) is 2.06. The van der Waals surface area contributed by atoms with Crippen LogP contribution in [0.25, 0.3) is 0 Å². The monoisotopic (exact) mass is 254 g/mol. The molecule has 0 aromatic heterocycles. The average molecular weight is 254 g/mol. The predicted octanol–water partition coefficient (Wildman–Crippen LogP) is -1.30. The summed E-state index contributed by atoms with van der Waals surface area (Å²) in [5.74, 6) is -0.142. The highest BCUT2D eigenvalue weighted by Crippen LogP contribution is 2.09. The molecule has 0 radical (unpaired) electrons. The summed E-state index contributed by atoms with van der Waals surface area (Å²) in [6.45, 7) is 7.86. The first-order chi connectivity index (χ1) is 8.61. The van der Waals surface area contributed by atoms with E-state index in [0.29, 0.717) is 19.6 Å². The summed E-state index contributed by atoms with van der Waals surface area (Å²) in [6, 6.07) is -0.623. The molecule has 0 aromatic carbocycles. The molecule has 2 atom stereocenters. The Bertz CT molecular complexity index is 319. The molecule has 2 amide bonds. The maximum absolute atomic E-state index is 11.9. The van der Waals surface area contributed by atoms with Crippen LogP contribution in [0.15, 0.2) is 12.7 Å². The van der Waals surface area contributed by atoms with Crippen LogP contribution in [-0.4, -0.2) is 62.0 Å². The van der Waals surface area contributed by atoms with Gasteiger partial charge in [0.25, 0.3) is 0 Å². The van der Waals surface area contributed by atoms with Crippen LogP contribution in [-0.2, 0) is 9.59 Å². The van der Waals surface area contributed by atoms with Crippen molar-refractivity contribution in [1.29, 1.82) is 0 Å². The Labute approximate surface area is 108 Å². The van der Waals surface area contributed by atoms with Gasteiger partial charge in [0.1, 0.15) is 6.04 Å². The molecule has 1 heterocycles. The summed E-state index contributed by atoms with van der Waals surface area (Å²) >= 11 is 0. The summed E-state index contributed by atoms with van der Waals surface area (Å²) in [4.78, 5) is 25.6. The standard InChI is InChI=1S/C12H22N4O2/c1-4-5-15-11(17)9(2)16-7-6-14-8-10(16)12(18)13-3/h4,9-10,14H,1,5-8H2,2-3H3,(H,13,18)(H,15,17). The quantitative estimate of drug-likeness (QED) is 0.533. The molecule has 18 heavy (non-hydrogen) atoms. The molecule has 3 N–H and O–H groups in total. The summed E-state index contributed by atoms with van der Waals surface area (Å²) in [7, 11) is 1.61. The summed E-state index contributed by atoms with van der Waals surface area (Å²) in [6.07, 6.45) is 1.64. The Kier molecular flexibility index (Phi) is 5.80. The number of amides is 2. The second kappa shape index (κ2) is 7.13. The van der Waals surface area contributed by atoms with Crippen molar-refractivity contribution >= 4 is 11.8 Å². The molecule has 0 aromatic rings. The van der Waals surface area contributed by atoms with Gasteiger partial charge < -0.3 is 16.0 Å². The Balaban J connectivity index is 2.67. The molecule has 1 fully saturated rings.